The monoisotopic (exact) mass is 193 g/mol. The van der Waals surface area contributed by atoms with Crippen LogP contribution in [0.1, 0.15) is 5.56 Å². The fourth-order valence-corrected chi connectivity index (χ4v) is 0.899. The SMILES string of the molecule is [N-]=[N+]=NCC=Cc1ccc(O)c(F)c1. The van der Waals surface area contributed by atoms with Crippen LogP contribution in [-0.4, -0.2) is 11.7 Å². The van der Waals surface area contributed by atoms with Gasteiger partial charge in [0.15, 0.2) is 11.6 Å². The summed E-state index contributed by atoms with van der Waals surface area (Å²) in [7, 11) is 0. The van der Waals surface area contributed by atoms with Gasteiger partial charge in [0.25, 0.3) is 0 Å². The number of aromatic hydroxyl groups is 1. The fraction of sp³-hybridized carbons (Fsp3) is 0.111. The van der Waals surface area contributed by atoms with Crippen molar-refractivity contribution in [2.24, 2.45) is 5.11 Å². The third-order valence-electron chi connectivity index (χ3n) is 1.53. The molecule has 0 fully saturated rings. The number of azide groups is 1. The number of hydrogen-bond donors (Lipinski definition) is 1. The van der Waals surface area contributed by atoms with Crippen molar-refractivity contribution in [3.63, 3.8) is 0 Å². The van der Waals surface area contributed by atoms with Gasteiger partial charge < -0.3 is 5.11 Å². The Kier molecular flexibility index (Phi) is 3.52. The fourth-order valence-electron chi connectivity index (χ4n) is 0.899. The van der Waals surface area contributed by atoms with Crippen molar-refractivity contribution in [3.8, 4) is 5.75 Å². The van der Waals surface area contributed by atoms with Gasteiger partial charge in [-0.15, -0.1) is 0 Å². The molecular weight excluding hydrogens is 185 g/mol. The van der Waals surface area contributed by atoms with Crippen molar-refractivity contribution in [1.29, 1.82) is 0 Å². The number of halogens is 1. The van der Waals surface area contributed by atoms with E-state index in [9.17, 15) is 4.39 Å². The van der Waals surface area contributed by atoms with Crippen LogP contribution in [0.2, 0.25) is 0 Å². The first-order valence-corrected chi connectivity index (χ1v) is 3.90. The summed E-state index contributed by atoms with van der Waals surface area (Å²) < 4.78 is 12.8. The number of rotatable bonds is 3. The zero-order valence-electron chi connectivity index (χ0n) is 7.26. The van der Waals surface area contributed by atoms with Gasteiger partial charge in [0.1, 0.15) is 0 Å². The minimum atomic E-state index is -0.670. The van der Waals surface area contributed by atoms with Crippen LogP contribution in [0.3, 0.4) is 0 Å². The number of nitrogens with zero attached hydrogens (tertiary/aromatic N) is 3. The molecule has 1 aromatic rings. The van der Waals surface area contributed by atoms with E-state index in [1.165, 1.54) is 12.1 Å². The third kappa shape index (κ3) is 2.80. The summed E-state index contributed by atoms with van der Waals surface area (Å²) in [6.07, 6.45) is 3.21. The van der Waals surface area contributed by atoms with Gasteiger partial charge >= 0.3 is 0 Å². The van der Waals surface area contributed by atoms with Gasteiger partial charge in [-0.05, 0) is 23.2 Å². The summed E-state index contributed by atoms with van der Waals surface area (Å²) >= 11 is 0. The van der Waals surface area contributed by atoms with E-state index in [0.29, 0.717) is 5.56 Å². The van der Waals surface area contributed by atoms with Crippen molar-refractivity contribution in [2.75, 3.05) is 6.54 Å². The highest BCUT2D eigenvalue weighted by Gasteiger charge is 1.98. The van der Waals surface area contributed by atoms with E-state index in [2.05, 4.69) is 10.0 Å². The first-order valence-electron chi connectivity index (χ1n) is 3.90. The largest absolute Gasteiger partial charge is 0.505 e. The lowest BCUT2D eigenvalue weighted by Crippen LogP contribution is -1.78. The summed E-state index contributed by atoms with van der Waals surface area (Å²) in [5.41, 5.74) is 8.58. The second-order valence-electron chi connectivity index (χ2n) is 2.53. The molecular formula is C9H8FN3O. The van der Waals surface area contributed by atoms with E-state index in [1.54, 1.807) is 18.2 Å². The molecule has 0 heterocycles. The molecule has 14 heavy (non-hydrogen) atoms. The van der Waals surface area contributed by atoms with E-state index >= 15 is 0 Å². The molecule has 1 N–H and O–H groups in total. The Morgan fingerprint density at radius 1 is 1.57 bits per heavy atom. The predicted molar refractivity (Wildman–Crippen MR) is 51.1 cm³/mol. The quantitative estimate of drug-likeness (QED) is 0.447. The Balaban J connectivity index is 2.72. The maximum atomic E-state index is 12.8. The van der Waals surface area contributed by atoms with E-state index in [0.717, 1.165) is 0 Å². The van der Waals surface area contributed by atoms with Crippen molar-refractivity contribution < 1.29 is 9.50 Å². The Morgan fingerprint density at radius 3 is 3.00 bits per heavy atom. The molecule has 0 aliphatic heterocycles. The van der Waals surface area contributed by atoms with Gasteiger partial charge in [-0.3, -0.25) is 0 Å². The van der Waals surface area contributed by atoms with Crippen LogP contribution in [0.5, 0.6) is 5.75 Å². The summed E-state index contributed by atoms with van der Waals surface area (Å²) in [6, 6.07) is 4.02. The molecule has 4 nitrogen and oxygen atoms in total. The van der Waals surface area contributed by atoms with Gasteiger partial charge in [0.05, 0.1) is 0 Å². The highest BCUT2D eigenvalue weighted by atomic mass is 19.1. The van der Waals surface area contributed by atoms with Crippen molar-refractivity contribution in [1.82, 2.24) is 0 Å². The maximum Gasteiger partial charge on any atom is 0.165 e. The summed E-state index contributed by atoms with van der Waals surface area (Å²) in [6.45, 7) is 0.221. The number of phenolic OH excluding ortho intramolecular Hbond substituents is 1. The minimum absolute atomic E-state index is 0.221. The Morgan fingerprint density at radius 2 is 2.36 bits per heavy atom. The molecule has 0 aliphatic carbocycles. The van der Waals surface area contributed by atoms with Gasteiger partial charge in [-0.2, -0.15) is 0 Å². The topological polar surface area (TPSA) is 69.0 Å². The molecule has 0 amide bonds. The highest BCUT2D eigenvalue weighted by Crippen LogP contribution is 2.16. The molecule has 0 saturated carbocycles. The maximum absolute atomic E-state index is 12.8. The molecule has 0 spiro atoms. The van der Waals surface area contributed by atoms with Crippen molar-refractivity contribution >= 4 is 6.08 Å². The molecule has 0 aliphatic rings. The van der Waals surface area contributed by atoms with E-state index in [1.807, 2.05) is 0 Å². The van der Waals surface area contributed by atoms with Crippen LogP contribution in [0.15, 0.2) is 29.4 Å². The number of hydrogen-bond acceptors (Lipinski definition) is 2. The summed E-state index contributed by atoms with van der Waals surface area (Å²) in [5.74, 6) is -1.05. The van der Waals surface area contributed by atoms with Crippen LogP contribution < -0.4 is 0 Å². The zero-order valence-corrected chi connectivity index (χ0v) is 7.26. The first kappa shape index (κ1) is 10.1. The van der Waals surface area contributed by atoms with E-state index in [4.69, 9.17) is 10.6 Å². The Bertz CT molecular complexity index is 397. The minimum Gasteiger partial charge on any atom is -0.505 e. The van der Waals surface area contributed by atoms with Crippen LogP contribution in [-0.2, 0) is 0 Å². The number of benzene rings is 1. The molecule has 0 saturated heterocycles. The summed E-state index contributed by atoms with van der Waals surface area (Å²) in [5, 5.41) is 12.2. The van der Waals surface area contributed by atoms with Crippen LogP contribution in [0, 0.1) is 5.82 Å². The van der Waals surface area contributed by atoms with Crippen LogP contribution in [0.25, 0.3) is 16.5 Å². The lowest BCUT2D eigenvalue weighted by Gasteiger charge is -1.95. The standard InChI is InChI=1S/C9H8FN3O/c10-8-6-7(3-4-9(8)14)2-1-5-12-13-11/h1-4,6,14H,5H2. The van der Waals surface area contributed by atoms with Crippen LogP contribution >= 0.6 is 0 Å². The van der Waals surface area contributed by atoms with Crippen molar-refractivity contribution in [3.05, 3.63) is 46.1 Å². The van der Waals surface area contributed by atoms with E-state index in [-0.39, 0.29) is 12.3 Å². The Hall–Kier alpha value is -2.00. The van der Waals surface area contributed by atoms with Crippen LogP contribution in [0.4, 0.5) is 4.39 Å². The van der Waals surface area contributed by atoms with Gasteiger partial charge in [0, 0.05) is 11.5 Å². The third-order valence-corrected chi connectivity index (χ3v) is 1.53. The molecule has 0 aromatic heterocycles. The van der Waals surface area contributed by atoms with Gasteiger partial charge in [-0.1, -0.05) is 23.3 Å². The summed E-state index contributed by atoms with van der Waals surface area (Å²) in [4.78, 5) is 2.56. The van der Waals surface area contributed by atoms with Gasteiger partial charge in [0.2, 0.25) is 0 Å². The number of phenols is 1. The normalized spacial score (nSPS) is 10.1. The first-order chi connectivity index (χ1) is 6.74. The molecule has 1 aromatic carbocycles. The Labute approximate surface area is 79.9 Å². The molecule has 5 heteroatoms. The molecule has 1 rings (SSSR count). The van der Waals surface area contributed by atoms with Crippen molar-refractivity contribution in [2.45, 2.75) is 0 Å². The average Bonchev–Trinajstić information content (AvgIpc) is 2.18. The zero-order chi connectivity index (χ0) is 10.4. The predicted octanol–water partition coefficient (Wildman–Crippen LogP) is 2.85. The molecule has 72 valence electrons. The molecule has 0 atom stereocenters. The second kappa shape index (κ2) is 4.89. The molecule has 0 radical (unpaired) electrons. The lowest BCUT2D eigenvalue weighted by atomic mass is 10.2. The smallest absolute Gasteiger partial charge is 0.165 e. The molecule has 0 bridgehead atoms. The molecule has 0 unspecified atom stereocenters. The highest BCUT2D eigenvalue weighted by molar-refractivity contribution is 5.50. The van der Waals surface area contributed by atoms with E-state index < -0.39 is 5.82 Å². The second-order valence-corrected chi connectivity index (χ2v) is 2.53. The lowest BCUT2D eigenvalue weighted by molar-refractivity contribution is 0.432. The average molecular weight is 193 g/mol. The van der Waals surface area contributed by atoms with Gasteiger partial charge in [-0.25, -0.2) is 4.39 Å².